The zero-order valence-electron chi connectivity index (χ0n) is 13.6. The average molecular weight is 343 g/mol. The van der Waals surface area contributed by atoms with E-state index in [0.29, 0.717) is 26.1 Å². The van der Waals surface area contributed by atoms with Gasteiger partial charge in [-0.2, -0.15) is 9.40 Å². The summed E-state index contributed by atoms with van der Waals surface area (Å²) < 4.78 is 39.8. The minimum absolute atomic E-state index is 0.101. The van der Waals surface area contributed by atoms with E-state index in [-0.39, 0.29) is 18.0 Å². The van der Waals surface area contributed by atoms with E-state index in [1.54, 1.807) is 10.5 Å². The molecular formula is C15H25N3O4S. The summed E-state index contributed by atoms with van der Waals surface area (Å²) in [6, 6.07) is 0. The Bertz CT molecular complexity index is 610. The normalized spacial score (nSPS) is 26.7. The maximum atomic E-state index is 12.6. The molecule has 1 aromatic heterocycles. The number of aryl methyl sites for hydroxylation is 1. The van der Waals surface area contributed by atoms with Crippen LogP contribution in [0.15, 0.2) is 12.4 Å². The van der Waals surface area contributed by atoms with Crippen LogP contribution in [0.1, 0.15) is 37.9 Å². The minimum Gasteiger partial charge on any atom is -0.378 e. The Morgan fingerprint density at radius 2 is 2.22 bits per heavy atom. The molecule has 130 valence electrons. The lowest BCUT2D eigenvalue weighted by Crippen LogP contribution is -2.43. The molecule has 0 amide bonds. The molecule has 0 saturated carbocycles. The molecule has 2 aliphatic heterocycles. The monoisotopic (exact) mass is 343 g/mol. The Hall–Kier alpha value is -0.960. The lowest BCUT2D eigenvalue weighted by Gasteiger charge is -2.32. The smallest absolute Gasteiger partial charge is 0.214 e. The Morgan fingerprint density at radius 3 is 2.91 bits per heavy atom. The number of nitrogens with zero attached hydrogens (tertiary/aromatic N) is 3. The van der Waals surface area contributed by atoms with Crippen LogP contribution in [-0.2, 0) is 26.0 Å². The Balaban J connectivity index is 1.60. The van der Waals surface area contributed by atoms with Crippen molar-refractivity contribution in [3.05, 3.63) is 18.0 Å². The molecule has 2 fully saturated rings. The van der Waals surface area contributed by atoms with Crippen molar-refractivity contribution >= 4 is 10.0 Å². The number of aromatic nitrogens is 2. The standard InChI is InChI=1S/C15H25N3O4S/c1-2-17-11-13(10-16-17)15-12-18(6-8-22-15)23(19,20)9-5-14-4-3-7-21-14/h10-11,14-15H,2-9,12H2,1H3/t14-,15-/m1/s1. The third kappa shape index (κ3) is 4.12. The zero-order chi connectivity index (χ0) is 16.3. The summed E-state index contributed by atoms with van der Waals surface area (Å²) in [6.07, 6.45) is 6.14. The fraction of sp³-hybridized carbons (Fsp3) is 0.800. The van der Waals surface area contributed by atoms with Crippen molar-refractivity contribution in [2.45, 2.75) is 44.9 Å². The third-order valence-corrected chi connectivity index (χ3v) is 6.36. The summed E-state index contributed by atoms with van der Waals surface area (Å²) in [5.74, 6) is 0.151. The summed E-state index contributed by atoms with van der Waals surface area (Å²) >= 11 is 0. The first-order valence-corrected chi connectivity index (χ1v) is 9.93. The minimum atomic E-state index is -3.26. The van der Waals surface area contributed by atoms with E-state index in [1.165, 1.54) is 0 Å². The molecule has 1 aromatic rings. The maximum Gasteiger partial charge on any atom is 0.214 e. The van der Waals surface area contributed by atoms with Crippen molar-refractivity contribution in [3.8, 4) is 0 Å². The molecule has 0 bridgehead atoms. The van der Waals surface area contributed by atoms with E-state index in [4.69, 9.17) is 9.47 Å². The zero-order valence-corrected chi connectivity index (χ0v) is 14.4. The van der Waals surface area contributed by atoms with Crippen LogP contribution in [0.3, 0.4) is 0 Å². The third-order valence-electron chi connectivity index (χ3n) is 4.49. The maximum absolute atomic E-state index is 12.6. The quantitative estimate of drug-likeness (QED) is 0.775. The van der Waals surface area contributed by atoms with Gasteiger partial charge in [0.05, 0.1) is 30.8 Å². The van der Waals surface area contributed by atoms with E-state index in [2.05, 4.69) is 5.10 Å². The summed E-state index contributed by atoms with van der Waals surface area (Å²) in [6.45, 7) is 4.76. The highest BCUT2D eigenvalue weighted by atomic mass is 32.2. The highest BCUT2D eigenvalue weighted by Crippen LogP contribution is 2.24. The van der Waals surface area contributed by atoms with Gasteiger partial charge in [-0.25, -0.2) is 8.42 Å². The number of ether oxygens (including phenoxy) is 2. The van der Waals surface area contributed by atoms with Crippen molar-refractivity contribution < 1.29 is 17.9 Å². The summed E-state index contributed by atoms with van der Waals surface area (Å²) in [5.41, 5.74) is 0.936. The molecular weight excluding hydrogens is 318 g/mol. The molecule has 0 N–H and O–H groups in total. The lowest BCUT2D eigenvalue weighted by atomic mass is 10.2. The van der Waals surface area contributed by atoms with Crippen LogP contribution in [0.25, 0.3) is 0 Å². The van der Waals surface area contributed by atoms with E-state index in [1.807, 2.05) is 17.8 Å². The largest absolute Gasteiger partial charge is 0.378 e. The molecule has 2 aliphatic rings. The van der Waals surface area contributed by atoms with Gasteiger partial charge in [0.25, 0.3) is 0 Å². The fourth-order valence-electron chi connectivity index (χ4n) is 3.08. The lowest BCUT2D eigenvalue weighted by molar-refractivity contribution is -0.00270. The predicted octanol–water partition coefficient (Wildman–Crippen LogP) is 1.18. The van der Waals surface area contributed by atoms with E-state index >= 15 is 0 Å². The number of morpholine rings is 1. The molecule has 0 radical (unpaired) electrons. The fourth-order valence-corrected chi connectivity index (χ4v) is 4.61. The van der Waals surface area contributed by atoms with Crippen molar-refractivity contribution in [1.29, 1.82) is 0 Å². The average Bonchev–Trinajstić information content (AvgIpc) is 3.24. The van der Waals surface area contributed by atoms with E-state index in [9.17, 15) is 8.42 Å². The van der Waals surface area contributed by atoms with Gasteiger partial charge >= 0.3 is 0 Å². The topological polar surface area (TPSA) is 73.7 Å². The highest BCUT2D eigenvalue weighted by molar-refractivity contribution is 7.89. The number of rotatable bonds is 6. The van der Waals surface area contributed by atoms with Gasteiger partial charge in [0.1, 0.15) is 0 Å². The second-order valence-electron chi connectivity index (χ2n) is 6.09. The first-order chi connectivity index (χ1) is 11.1. The van der Waals surface area contributed by atoms with Crippen LogP contribution in [0, 0.1) is 0 Å². The van der Waals surface area contributed by atoms with Gasteiger partial charge in [0.2, 0.25) is 10.0 Å². The van der Waals surface area contributed by atoms with Crippen molar-refractivity contribution in [3.63, 3.8) is 0 Å². The summed E-state index contributed by atoms with van der Waals surface area (Å²) in [4.78, 5) is 0. The van der Waals surface area contributed by atoms with Crippen LogP contribution in [0.5, 0.6) is 0 Å². The van der Waals surface area contributed by atoms with Crippen LogP contribution < -0.4 is 0 Å². The predicted molar refractivity (Wildman–Crippen MR) is 85.5 cm³/mol. The van der Waals surface area contributed by atoms with Gasteiger partial charge in [-0.15, -0.1) is 0 Å². The second-order valence-corrected chi connectivity index (χ2v) is 8.17. The molecule has 2 saturated heterocycles. The summed E-state index contributed by atoms with van der Waals surface area (Å²) in [7, 11) is -3.26. The molecule has 0 unspecified atom stereocenters. The van der Waals surface area contributed by atoms with Gasteiger partial charge in [0.15, 0.2) is 0 Å². The summed E-state index contributed by atoms with van der Waals surface area (Å²) in [5, 5.41) is 4.24. The van der Waals surface area contributed by atoms with Crippen LogP contribution in [0.2, 0.25) is 0 Å². The van der Waals surface area contributed by atoms with E-state index in [0.717, 1.165) is 31.6 Å². The first kappa shape index (κ1) is 16.9. The molecule has 0 aromatic carbocycles. The van der Waals surface area contributed by atoms with Crippen molar-refractivity contribution in [1.82, 2.24) is 14.1 Å². The molecule has 0 spiro atoms. The van der Waals surface area contributed by atoms with Gasteiger partial charge in [-0.1, -0.05) is 0 Å². The SMILES string of the molecule is CCn1cc([C@H]2CN(S(=O)(=O)CC[C@H]3CCCO3)CCO2)cn1. The molecule has 3 rings (SSSR count). The van der Waals surface area contributed by atoms with Crippen molar-refractivity contribution in [2.24, 2.45) is 0 Å². The Labute approximate surface area is 137 Å². The van der Waals surface area contributed by atoms with Crippen LogP contribution in [0.4, 0.5) is 0 Å². The highest BCUT2D eigenvalue weighted by Gasteiger charge is 2.31. The van der Waals surface area contributed by atoms with Crippen LogP contribution >= 0.6 is 0 Å². The van der Waals surface area contributed by atoms with Crippen LogP contribution in [-0.4, -0.2) is 60.7 Å². The second kappa shape index (κ2) is 7.29. The molecule has 0 aliphatic carbocycles. The van der Waals surface area contributed by atoms with E-state index < -0.39 is 10.0 Å². The molecule has 8 heteroatoms. The molecule has 2 atom stereocenters. The van der Waals surface area contributed by atoms with Crippen molar-refractivity contribution in [2.75, 3.05) is 32.1 Å². The Kier molecular flexibility index (Phi) is 5.35. The van der Waals surface area contributed by atoms with Gasteiger partial charge in [-0.3, -0.25) is 4.68 Å². The number of sulfonamides is 1. The molecule has 3 heterocycles. The van der Waals surface area contributed by atoms with Gasteiger partial charge in [0, 0.05) is 38.0 Å². The Morgan fingerprint density at radius 1 is 1.35 bits per heavy atom. The van der Waals surface area contributed by atoms with Gasteiger partial charge < -0.3 is 9.47 Å². The molecule has 7 nitrogen and oxygen atoms in total. The number of hydrogen-bond donors (Lipinski definition) is 0. The van der Waals surface area contributed by atoms with Gasteiger partial charge in [-0.05, 0) is 26.2 Å². The number of hydrogen-bond acceptors (Lipinski definition) is 5. The molecule has 23 heavy (non-hydrogen) atoms. The first-order valence-electron chi connectivity index (χ1n) is 8.32.